The van der Waals surface area contributed by atoms with Gasteiger partial charge in [-0.2, -0.15) is 62.9 Å². The number of nitrogens with one attached hydrogen (secondary N) is 5. The molecule has 30 heteroatoms. The predicted molar refractivity (Wildman–Crippen MR) is 329 cm³/mol. The summed E-state index contributed by atoms with van der Waals surface area (Å²) in [6.45, 7) is 6.05. The Morgan fingerprint density at radius 3 is 1.36 bits per heavy atom. The summed E-state index contributed by atoms with van der Waals surface area (Å²) in [6, 6.07) is 29.0. The molecule has 2 fully saturated rings. The van der Waals surface area contributed by atoms with Crippen molar-refractivity contribution in [1.82, 2.24) is 50.4 Å². The number of likely N-dealkylation sites (tertiary alicyclic amines) is 1. The fourth-order valence-corrected chi connectivity index (χ4v) is 11.9. The van der Waals surface area contributed by atoms with Gasteiger partial charge in [0, 0.05) is 26.2 Å². The lowest BCUT2D eigenvalue weighted by atomic mass is 9.73. The number of aromatic amines is 2. The van der Waals surface area contributed by atoms with E-state index in [4.69, 9.17) is 14.2 Å². The molecular weight excluding hydrogens is 1290 g/mol. The fraction of sp³-hybridized carbons (Fsp3) is 0.439. The van der Waals surface area contributed by atoms with E-state index >= 15 is 0 Å². The Balaban J connectivity index is 0.000000304. The summed E-state index contributed by atoms with van der Waals surface area (Å²) in [6.07, 6.45) is -20.4. The van der Waals surface area contributed by atoms with E-state index in [0.717, 1.165) is 5.56 Å². The zero-order valence-electron chi connectivity index (χ0n) is 51.2. The topological polar surface area (TPSA) is 220 Å². The zero-order chi connectivity index (χ0) is 68.5. The number of piperidine rings is 2. The highest BCUT2D eigenvalue weighted by atomic mass is 19.4. The van der Waals surface area contributed by atoms with Gasteiger partial charge in [-0.25, -0.2) is 24.6 Å². The summed E-state index contributed by atoms with van der Waals surface area (Å²) in [5.41, 5.74) is -10.4. The largest absolute Gasteiger partial charge is 0.445 e. The quantitative estimate of drug-likeness (QED) is 0.0452. The van der Waals surface area contributed by atoms with Gasteiger partial charge in [0.1, 0.15) is 19.3 Å². The lowest BCUT2D eigenvalue weighted by Crippen LogP contribution is -2.64. The molecule has 2 aliphatic rings. The summed E-state index contributed by atoms with van der Waals surface area (Å²) in [5.74, 6) is -0.676. The van der Waals surface area contributed by atoms with Gasteiger partial charge in [0.05, 0.1) is 82.7 Å². The molecule has 4 heterocycles. The van der Waals surface area contributed by atoms with Crippen molar-refractivity contribution in [2.75, 3.05) is 39.4 Å². The van der Waals surface area contributed by atoms with Crippen molar-refractivity contribution >= 4 is 17.9 Å². The van der Waals surface area contributed by atoms with Crippen molar-refractivity contribution < 1.29 is 81.3 Å². The number of rotatable bonds is 20. The van der Waals surface area contributed by atoms with E-state index in [9.17, 15) is 76.7 Å². The van der Waals surface area contributed by atoms with Crippen LogP contribution in [0.4, 0.5) is 57.5 Å². The van der Waals surface area contributed by atoms with Gasteiger partial charge in [0.15, 0.2) is 0 Å². The average molecular weight is 1370 g/mol. The van der Waals surface area contributed by atoms with Crippen LogP contribution >= 0.6 is 0 Å². The molecule has 9 rings (SSSR count). The first kappa shape index (κ1) is 76.2. The first-order valence-electron chi connectivity index (χ1n) is 29.7. The first-order chi connectivity index (χ1) is 44.3. The molecule has 0 aliphatic carbocycles. The van der Waals surface area contributed by atoms with Crippen molar-refractivity contribution in [2.24, 2.45) is 0 Å². The standard InChI is InChI=1S/C36H37F6N5O5.C28H31F6N5O3.2CH4/c1-3-43-30(48)19-33(47-23-44-45-31(47)49)14-15-34(27-12-8-5-9-13-27,46(21-33)32(50)51-20-25-10-6-4-7-11-25)22-52-24(2)26-16-28(35(37,38)39)18-29(17-26)36(40,41)42;1-3-35-23(40)14-25(39-17-37-38-24(39)41)9-10-26(36-15-25,20-7-5-4-6-8-20)16-42-18(2)19-11-21(27(29,30)31)13-22(12-19)28(32,33)34;;/h4-13,16-18,23-24H,3,14-15,19-22H2,1-2H3,(H,43,48)(H,45,49);4-8,11-13,17-18,36H,3,9-10,14-16H2,1-2H3,(H,35,40)(H,38,41);2*1H4/t24-,33-,34-;18-,25-,26-;;/m11../s1. The maximum absolute atomic E-state index is 14.3. The molecule has 0 saturated carbocycles. The number of ether oxygens (including phenoxy) is 3. The summed E-state index contributed by atoms with van der Waals surface area (Å²) >= 11 is 0. The second kappa shape index (κ2) is 31.0. The SMILES string of the molecule is C.C.CCNC(=O)C[C@]1(n2cn[nH]c2=O)CC[C@@](CO[C@H](C)c2cc(C(F)(F)F)cc(C(F)(F)F)c2)(c2ccccc2)N(C(=O)OCc2ccccc2)C1.CCNC(=O)C[C@]1(n2cn[nH]c2=O)CC[C@@](CO[C@H](C)c2cc(C(F)(F)F)cc(C(F)(F)F)c2)(c2ccccc2)NC1. The van der Waals surface area contributed by atoms with Crippen LogP contribution in [0.1, 0.15) is 143 Å². The molecule has 2 aliphatic heterocycles. The van der Waals surface area contributed by atoms with E-state index in [2.05, 4.69) is 36.3 Å². The molecule has 3 amide bonds. The number of hydrogen-bond acceptors (Lipinski definition) is 11. The lowest BCUT2D eigenvalue weighted by molar-refractivity contribution is -0.145. The van der Waals surface area contributed by atoms with Gasteiger partial charge in [0.2, 0.25) is 11.8 Å². The van der Waals surface area contributed by atoms with Crippen molar-refractivity contribution in [3.05, 3.63) is 211 Å². The van der Waals surface area contributed by atoms with Crippen LogP contribution in [-0.2, 0) is 77.3 Å². The Morgan fingerprint density at radius 2 is 0.958 bits per heavy atom. The average Bonchev–Trinajstić information content (AvgIpc) is 1.30. The van der Waals surface area contributed by atoms with E-state index in [-0.39, 0.29) is 96.0 Å². The maximum atomic E-state index is 14.3. The second-order valence-electron chi connectivity index (χ2n) is 23.2. The minimum absolute atomic E-state index is 0. The van der Waals surface area contributed by atoms with E-state index < -0.39 is 111 Å². The Morgan fingerprint density at radius 1 is 0.552 bits per heavy atom. The third kappa shape index (κ3) is 17.8. The lowest BCUT2D eigenvalue weighted by Gasteiger charge is -2.53. The molecule has 0 spiro atoms. The van der Waals surface area contributed by atoms with Gasteiger partial charge in [-0.3, -0.25) is 23.6 Å². The van der Waals surface area contributed by atoms with Gasteiger partial charge in [-0.05, 0) is 118 Å². The number of carbonyl (C=O) groups is 3. The number of benzene rings is 5. The second-order valence-corrected chi connectivity index (χ2v) is 23.2. The minimum Gasteiger partial charge on any atom is -0.445 e. The molecule has 522 valence electrons. The van der Waals surface area contributed by atoms with Crippen LogP contribution in [0.2, 0.25) is 0 Å². The number of amides is 3. The van der Waals surface area contributed by atoms with Crippen LogP contribution in [0.15, 0.2) is 150 Å². The predicted octanol–water partition coefficient (Wildman–Crippen LogP) is 13.1. The molecule has 0 unspecified atom stereocenters. The monoisotopic (exact) mass is 1360 g/mol. The highest BCUT2D eigenvalue weighted by Gasteiger charge is 2.55. The molecule has 5 aromatic carbocycles. The number of H-pyrrole nitrogens is 2. The molecule has 0 bridgehead atoms. The van der Waals surface area contributed by atoms with E-state index in [1.807, 2.05) is 12.1 Å². The van der Waals surface area contributed by atoms with Gasteiger partial charge in [-0.15, -0.1) is 0 Å². The Bertz CT molecular complexity index is 3750. The summed E-state index contributed by atoms with van der Waals surface area (Å²) in [5, 5.41) is 21.2. The van der Waals surface area contributed by atoms with Gasteiger partial charge >= 0.3 is 42.2 Å². The molecule has 6 atom stereocenters. The third-order valence-electron chi connectivity index (χ3n) is 17.0. The molecule has 18 nitrogen and oxygen atoms in total. The molecule has 2 aromatic heterocycles. The van der Waals surface area contributed by atoms with Gasteiger partial charge in [-0.1, -0.05) is 106 Å². The highest BCUT2D eigenvalue weighted by molar-refractivity contribution is 5.78. The zero-order valence-corrected chi connectivity index (χ0v) is 51.2. The Labute approximate surface area is 545 Å². The van der Waals surface area contributed by atoms with Crippen LogP contribution in [0.3, 0.4) is 0 Å². The normalized spacial score (nSPS) is 20.5. The summed E-state index contributed by atoms with van der Waals surface area (Å²) in [4.78, 5) is 67.0. The van der Waals surface area contributed by atoms with Crippen molar-refractivity contribution in [3.63, 3.8) is 0 Å². The Kier molecular flexibility index (Phi) is 24.6. The molecule has 0 radical (unpaired) electrons. The number of hydrogen-bond donors (Lipinski definition) is 5. The molecule has 7 aromatic rings. The number of carbonyl (C=O) groups excluding carboxylic acids is 3. The van der Waals surface area contributed by atoms with E-state index in [1.54, 1.807) is 92.7 Å². The maximum Gasteiger partial charge on any atom is 0.416 e. The molecule has 5 N–H and O–H groups in total. The van der Waals surface area contributed by atoms with Crippen LogP contribution in [-0.4, -0.2) is 91.7 Å². The number of alkyl halides is 12. The van der Waals surface area contributed by atoms with Crippen molar-refractivity contribution in [1.29, 1.82) is 0 Å². The van der Waals surface area contributed by atoms with Crippen LogP contribution in [0.25, 0.3) is 0 Å². The molecular formula is C66H76F12N10O8. The summed E-state index contributed by atoms with van der Waals surface area (Å²) in [7, 11) is 0. The fourth-order valence-electron chi connectivity index (χ4n) is 11.9. The summed E-state index contributed by atoms with van der Waals surface area (Å²) < 4.78 is 184. The minimum atomic E-state index is -5.07. The Hall–Kier alpha value is -8.77. The van der Waals surface area contributed by atoms with Gasteiger partial charge < -0.3 is 30.2 Å². The van der Waals surface area contributed by atoms with E-state index in [1.165, 1.54) is 40.5 Å². The third-order valence-corrected chi connectivity index (χ3v) is 17.0. The van der Waals surface area contributed by atoms with Crippen LogP contribution in [0.5, 0.6) is 0 Å². The van der Waals surface area contributed by atoms with Crippen molar-refractivity contribution in [2.45, 2.75) is 147 Å². The molecule has 2 saturated heterocycles. The van der Waals surface area contributed by atoms with Crippen molar-refractivity contribution in [3.8, 4) is 0 Å². The number of aromatic nitrogens is 6. The highest BCUT2D eigenvalue weighted by Crippen LogP contribution is 2.48. The van der Waals surface area contributed by atoms with Crippen LogP contribution < -0.4 is 27.3 Å². The number of halogens is 12. The number of nitrogens with zero attached hydrogens (tertiary/aromatic N) is 5. The first-order valence-corrected chi connectivity index (χ1v) is 29.7. The smallest absolute Gasteiger partial charge is 0.416 e. The van der Waals surface area contributed by atoms with E-state index in [0.29, 0.717) is 61.3 Å². The van der Waals surface area contributed by atoms with Gasteiger partial charge in [0.25, 0.3) is 0 Å². The molecule has 96 heavy (non-hydrogen) atoms. The van der Waals surface area contributed by atoms with Crippen LogP contribution in [0, 0.1) is 0 Å².